The summed E-state index contributed by atoms with van der Waals surface area (Å²) in [6, 6.07) is 0.383. The summed E-state index contributed by atoms with van der Waals surface area (Å²) in [6.45, 7) is 7.86. The Balaban J connectivity index is 2.20. The molecule has 4 nitrogen and oxygen atoms in total. The summed E-state index contributed by atoms with van der Waals surface area (Å²) in [5.74, 6) is 0. The molecule has 1 heterocycles. The zero-order chi connectivity index (χ0) is 34.6. The molecule has 0 saturated carbocycles. The number of rotatable bonds is 32. The van der Waals surface area contributed by atoms with Crippen molar-refractivity contribution < 1.29 is 9.53 Å². The number of hydrogen-bond acceptors (Lipinski definition) is 3. The average Bonchev–Trinajstić information content (AvgIpc) is 3.09. The Morgan fingerprint density at radius 3 is 1.44 bits per heavy atom. The lowest BCUT2D eigenvalue weighted by molar-refractivity contribution is 0.0591. The summed E-state index contributed by atoms with van der Waals surface area (Å²) >= 11 is 0. The number of likely N-dealkylation sites (tertiary alicyclic amines) is 1. The molecule has 0 aromatic rings. The molecular formula is C44H80N2O2. The number of carbonyl (C=O) groups excluding carboxylic acids is 1. The Hall–Kier alpha value is -1.81. The summed E-state index contributed by atoms with van der Waals surface area (Å²) in [5, 5.41) is 0. The van der Waals surface area contributed by atoms with Gasteiger partial charge in [0.1, 0.15) is 6.61 Å². The third-order valence-corrected chi connectivity index (χ3v) is 9.84. The Labute approximate surface area is 299 Å². The van der Waals surface area contributed by atoms with Crippen molar-refractivity contribution in [2.45, 2.75) is 193 Å². The van der Waals surface area contributed by atoms with Crippen molar-refractivity contribution in [1.82, 2.24) is 9.80 Å². The number of piperidine rings is 1. The Morgan fingerprint density at radius 2 is 1.00 bits per heavy atom. The number of amides is 1. The van der Waals surface area contributed by atoms with Gasteiger partial charge in [0.25, 0.3) is 0 Å². The first-order chi connectivity index (χ1) is 23.7. The van der Waals surface area contributed by atoms with E-state index in [1.54, 1.807) is 0 Å². The number of hydrogen-bond donors (Lipinski definition) is 0. The summed E-state index contributed by atoms with van der Waals surface area (Å²) in [5.41, 5.74) is 0. The van der Waals surface area contributed by atoms with Crippen molar-refractivity contribution in [2.24, 2.45) is 0 Å². The minimum atomic E-state index is -0.0841. The average molecular weight is 669 g/mol. The van der Waals surface area contributed by atoms with Gasteiger partial charge in [-0.05, 0) is 103 Å². The Morgan fingerprint density at radius 1 is 0.583 bits per heavy atom. The maximum Gasteiger partial charge on any atom is 0.409 e. The van der Waals surface area contributed by atoms with Crippen LogP contribution < -0.4 is 0 Å². The highest BCUT2D eigenvalue weighted by atomic mass is 16.6. The normalized spacial score (nSPS) is 15.9. The maximum absolute atomic E-state index is 13.1. The third-order valence-electron chi connectivity index (χ3n) is 9.84. The fourth-order valence-corrected chi connectivity index (χ4v) is 6.49. The molecular weight excluding hydrogens is 588 g/mol. The standard InChI is InChI=1S/C44H80N2O2/c1-4-6-8-10-12-14-16-18-20-22-24-26-28-30-32-35-40-46(44(47)48-42-43-38-34-37-39-45(43)3)41-36-33-31-29-27-25-23-21-19-17-15-13-11-9-7-5-2/h12-15,18-21,43H,4-11,16-17,22-42H2,1-3H3. The van der Waals surface area contributed by atoms with Gasteiger partial charge in [0.15, 0.2) is 0 Å². The zero-order valence-electron chi connectivity index (χ0n) is 32.3. The molecule has 1 amide bonds. The van der Waals surface area contributed by atoms with E-state index >= 15 is 0 Å². The lowest BCUT2D eigenvalue weighted by Gasteiger charge is -2.32. The number of allylic oxidation sites excluding steroid dienone is 8. The third kappa shape index (κ3) is 28.1. The van der Waals surface area contributed by atoms with E-state index in [1.807, 2.05) is 4.90 Å². The Bertz CT molecular complexity index is 769. The first kappa shape index (κ1) is 44.2. The van der Waals surface area contributed by atoms with Crippen LogP contribution in [0.5, 0.6) is 0 Å². The second kappa shape index (κ2) is 35.0. The number of carbonyl (C=O) groups is 1. The SMILES string of the molecule is CCCCCC=CCC=CCCCCCCCCN(CCCCCCCCC=CCC=CCCCCC)C(=O)OCC1CCCCN1C. The second-order valence-electron chi connectivity index (χ2n) is 14.4. The van der Waals surface area contributed by atoms with Gasteiger partial charge in [-0.3, -0.25) is 0 Å². The van der Waals surface area contributed by atoms with Gasteiger partial charge in [0, 0.05) is 19.1 Å². The van der Waals surface area contributed by atoms with E-state index < -0.39 is 0 Å². The van der Waals surface area contributed by atoms with Crippen LogP contribution in [0.3, 0.4) is 0 Å². The van der Waals surface area contributed by atoms with Gasteiger partial charge in [0.2, 0.25) is 0 Å². The van der Waals surface area contributed by atoms with E-state index in [0.717, 1.165) is 51.7 Å². The number of likely N-dealkylation sites (N-methyl/N-ethyl adjacent to an activating group) is 1. The van der Waals surface area contributed by atoms with E-state index in [0.29, 0.717) is 12.6 Å². The molecule has 1 atom stereocenters. The lowest BCUT2D eigenvalue weighted by atomic mass is 10.0. The van der Waals surface area contributed by atoms with Crippen LogP contribution >= 0.6 is 0 Å². The van der Waals surface area contributed by atoms with Gasteiger partial charge in [0.05, 0.1) is 0 Å². The smallest absolute Gasteiger partial charge is 0.409 e. The summed E-state index contributed by atoms with van der Waals surface area (Å²) in [4.78, 5) is 17.5. The molecule has 1 unspecified atom stereocenters. The van der Waals surface area contributed by atoms with E-state index in [-0.39, 0.29) is 6.09 Å². The van der Waals surface area contributed by atoms with Crippen LogP contribution in [0.1, 0.15) is 187 Å². The number of nitrogens with zero attached hydrogens (tertiary/aromatic N) is 2. The molecule has 278 valence electrons. The van der Waals surface area contributed by atoms with Crippen LogP contribution in [0.25, 0.3) is 0 Å². The first-order valence-electron chi connectivity index (χ1n) is 20.9. The lowest BCUT2D eigenvalue weighted by Crippen LogP contribution is -2.42. The molecule has 1 saturated heterocycles. The van der Waals surface area contributed by atoms with E-state index in [2.05, 4.69) is 74.4 Å². The minimum Gasteiger partial charge on any atom is -0.448 e. The van der Waals surface area contributed by atoms with Gasteiger partial charge in [-0.1, -0.05) is 146 Å². The van der Waals surface area contributed by atoms with Crippen molar-refractivity contribution in [2.75, 3.05) is 33.3 Å². The highest BCUT2D eigenvalue weighted by molar-refractivity contribution is 5.67. The molecule has 1 aliphatic rings. The predicted molar refractivity (Wildman–Crippen MR) is 212 cm³/mol. The molecule has 1 fully saturated rings. The monoisotopic (exact) mass is 669 g/mol. The number of unbranched alkanes of at least 4 members (excludes halogenated alkanes) is 18. The van der Waals surface area contributed by atoms with Gasteiger partial charge in [-0.15, -0.1) is 0 Å². The predicted octanol–water partition coefficient (Wildman–Crippen LogP) is 13.5. The molecule has 0 aromatic carbocycles. The van der Waals surface area contributed by atoms with Crippen molar-refractivity contribution in [1.29, 1.82) is 0 Å². The molecule has 0 N–H and O–H groups in total. The molecule has 0 aliphatic carbocycles. The van der Waals surface area contributed by atoms with Gasteiger partial charge in [-0.25, -0.2) is 4.79 Å². The van der Waals surface area contributed by atoms with E-state index in [4.69, 9.17) is 4.74 Å². The molecule has 48 heavy (non-hydrogen) atoms. The van der Waals surface area contributed by atoms with Crippen LogP contribution in [0.15, 0.2) is 48.6 Å². The molecule has 4 heteroatoms. The van der Waals surface area contributed by atoms with Crippen molar-refractivity contribution in [3.63, 3.8) is 0 Å². The van der Waals surface area contributed by atoms with Crippen molar-refractivity contribution in [3.8, 4) is 0 Å². The largest absolute Gasteiger partial charge is 0.448 e. The van der Waals surface area contributed by atoms with E-state index in [9.17, 15) is 4.79 Å². The van der Waals surface area contributed by atoms with Gasteiger partial charge >= 0.3 is 6.09 Å². The first-order valence-corrected chi connectivity index (χ1v) is 20.9. The molecule has 1 rings (SSSR count). The van der Waals surface area contributed by atoms with Crippen molar-refractivity contribution in [3.05, 3.63) is 48.6 Å². The summed E-state index contributed by atoms with van der Waals surface area (Å²) in [6.07, 6.45) is 52.2. The molecule has 0 radical (unpaired) electrons. The second-order valence-corrected chi connectivity index (χ2v) is 14.4. The fraction of sp³-hybridized carbons (Fsp3) is 0.795. The van der Waals surface area contributed by atoms with Crippen LogP contribution in [0.4, 0.5) is 4.79 Å². The van der Waals surface area contributed by atoms with Crippen LogP contribution in [-0.4, -0.2) is 55.2 Å². The van der Waals surface area contributed by atoms with Crippen molar-refractivity contribution >= 4 is 6.09 Å². The van der Waals surface area contributed by atoms with E-state index in [1.165, 1.54) is 141 Å². The highest BCUT2D eigenvalue weighted by Crippen LogP contribution is 2.17. The molecule has 1 aliphatic heterocycles. The highest BCUT2D eigenvalue weighted by Gasteiger charge is 2.22. The fourth-order valence-electron chi connectivity index (χ4n) is 6.49. The maximum atomic E-state index is 13.1. The van der Waals surface area contributed by atoms with Crippen LogP contribution in [0.2, 0.25) is 0 Å². The van der Waals surface area contributed by atoms with Gasteiger partial charge in [-0.2, -0.15) is 0 Å². The minimum absolute atomic E-state index is 0.0841. The topological polar surface area (TPSA) is 32.8 Å². The quantitative estimate of drug-likeness (QED) is 0.0528. The van der Waals surface area contributed by atoms with Crippen LogP contribution in [-0.2, 0) is 4.74 Å². The molecule has 0 bridgehead atoms. The molecule has 0 spiro atoms. The summed E-state index contributed by atoms with van der Waals surface area (Å²) in [7, 11) is 2.17. The molecule has 0 aromatic heterocycles. The van der Waals surface area contributed by atoms with Crippen LogP contribution in [0, 0.1) is 0 Å². The zero-order valence-corrected chi connectivity index (χ0v) is 32.3. The Kier molecular flexibility index (Phi) is 32.3. The van der Waals surface area contributed by atoms with Gasteiger partial charge < -0.3 is 14.5 Å². The number of ether oxygens (including phenoxy) is 1. The summed E-state index contributed by atoms with van der Waals surface area (Å²) < 4.78 is 5.90.